The molecular weight excluding hydrogens is 566 g/mol. The van der Waals surface area contributed by atoms with Gasteiger partial charge in [-0.05, 0) is 32.6 Å². The van der Waals surface area contributed by atoms with Gasteiger partial charge in [0.15, 0.2) is 13.2 Å². The number of hydrogen-bond acceptors (Lipinski definition) is 9. The highest BCUT2D eigenvalue weighted by Crippen LogP contribution is 2.08. The van der Waals surface area contributed by atoms with Crippen LogP contribution in [0.4, 0.5) is 27.2 Å². The van der Waals surface area contributed by atoms with E-state index in [0.29, 0.717) is 51.4 Å². The fraction of sp³-hybridized carbons (Fsp3) is 0.783. The third kappa shape index (κ3) is 14.7. The van der Waals surface area contributed by atoms with Crippen LogP contribution in [0, 0.1) is 0 Å². The molecule has 0 aliphatic heterocycles. The molecule has 1 rings (SSSR count). The summed E-state index contributed by atoms with van der Waals surface area (Å²) in [6.45, 7) is -0.876. The number of carbonyl (C=O) groups excluding carboxylic acids is 2. The molecule has 0 aliphatic rings. The van der Waals surface area contributed by atoms with Crippen LogP contribution in [0.2, 0.25) is 0 Å². The maximum absolute atomic E-state index is 12.9. The molecule has 0 spiro atoms. The zero-order valence-electron chi connectivity index (χ0n) is 22.7. The first-order chi connectivity index (χ1) is 19.2. The molecule has 14 nitrogen and oxygen atoms in total. The van der Waals surface area contributed by atoms with Gasteiger partial charge >= 0.3 is 41.5 Å². The molecule has 1 aromatic heterocycles. The van der Waals surface area contributed by atoms with E-state index in [-0.39, 0.29) is 32.7 Å². The average molecular weight is 604 g/mol. The predicted molar refractivity (Wildman–Crippen MR) is 135 cm³/mol. The molecule has 0 saturated heterocycles. The molecule has 18 heteroatoms. The van der Waals surface area contributed by atoms with Gasteiger partial charge in [-0.3, -0.25) is 0 Å². The third-order valence-corrected chi connectivity index (χ3v) is 5.61. The standard InChI is InChI=1S/C23H37F4N5O9/c1-2-30-19(35)31(13-9-5-3-7-11-28-17(33)40-15-22(24,25)38)21(37)32(20(30)36)14-10-6-4-8-12-29-18(34)41-16-23(26,27)39/h38-39H,2-16H2,1H3,(H,28,33)(H,29,34). The highest BCUT2D eigenvalue weighted by Gasteiger charge is 2.27. The van der Waals surface area contributed by atoms with Crippen molar-refractivity contribution in [1.82, 2.24) is 24.3 Å². The summed E-state index contributed by atoms with van der Waals surface area (Å²) in [7, 11) is 0. The zero-order chi connectivity index (χ0) is 31.1. The van der Waals surface area contributed by atoms with Crippen LogP contribution in [-0.2, 0) is 29.1 Å². The minimum Gasteiger partial charge on any atom is -0.440 e. The van der Waals surface area contributed by atoms with Crippen molar-refractivity contribution in [3.8, 4) is 0 Å². The second-order valence-electron chi connectivity index (χ2n) is 9.06. The molecular formula is C23H37F4N5O9. The van der Waals surface area contributed by atoms with Crippen molar-refractivity contribution in [2.75, 3.05) is 26.3 Å². The summed E-state index contributed by atoms with van der Waals surface area (Å²) < 4.78 is 60.1. The molecule has 0 aromatic carbocycles. The summed E-state index contributed by atoms with van der Waals surface area (Å²) in [6, 6.07) is 0. The van der Waals surface area contributed by atoms with E-state index < -0.39 is 54.7 Å². The Morgan fingerprint density at radius 2 is 1.00 bits per heavy atom. The lowest BCUT2D eigenvalue weighted by atomic mass is 10.2. The Hall–Kier alpha value is -3.41. The Labute approximate surface area is 231 Å². The Balaban J connectivity index is 2.48. The molecule has 0 saturated carbocycles. The maximum atomic E-state index is 12.9. The first-order valence-corrected chi connectivity index (χ1v) is 13.1. The van der Waals surface area contributed by atoms with Crippen LogP contribution in [0.25, 0.3) is 0 Å². The van der Waals surface area contributed by atoms with Gasteiger partial charge in [-0.15, -0.1) is 0 Å². The van der Waals surface area contributed by atoms with Gasteiger partial charge in [-0.1, -0.05) is 25.7 Å². The van der Waals surface area contributed by atoms with Gasteiger partial charge in [-0.25, -0.2) is 37.7 Å². The second kappa shape index (κ2) is 17.4. The molecule has 41 heavy (non-hydrogen) atoms. The van der Waals surface area contributed by atoms with Gasteiger partial charge in [0.1, 0.15) is 0 Å². The number of nitrogens with one attached hydrogen (secondary N) is 2. The normalized spacial score (nSPS) is 11.8. The van der Waals surface area contributed by atoms with E-state index in [4.69, 9.17) is 10.2 Å². The maximum Gasteiger partial charge on any atom is 0.407 e. The van der Waals surface area contributed by atoms with Crippen molar-refractivity contribution in [1.29, 1.82) is 0 Å². The SMILES string of the molecule is CCn1c(=O)n(CCCCCCNC(=O)OCC(O)(F)F)c(=O)n(CCCCCCNC(=O)OCC(O)(F)F)c1=O. The first kappa shape index (κ1) is 35.6. The van der Waals surface area contributed by atoms with E-state index in [0.717, 1.165) is 13.7 Å². The number of aromatic nitrogens is 3. The van der Waals surface area contributed by atoms with Crippen molar-refractivity contribution < 1.29 is 46.8 Å². The molecule has 0 bridgehead atoms. The van der Waals surface area contributed by atoms with Gasteiger partial charge in [-0.2, -0.15) is 17.6 Å². The smallest absolute Gasteiger partial charge is 0.407 e. The van der Waals surface area contributed by atoms with Crippen molar-refractivity contribution in [2.24, 2.45) is 0 Å². The lowest BCUT2D eigenvalue weighted by molar-refractivity contribution is -0.221. The summed E-state index contributed by atoms with van der Waals surface area (Å²) in [5, 5.41) is 20.9. The highest BCUT2D eigenvalue weighted by atomic mass is 19.3. The third-order valence-electron chi connectivity index (χ3n) is 5.61. The van der Waals surface area contributed by atoms with Gasteiger partial charge in [0.25, 0.3) is 0 Å². The van der Waals surface area contributed by atoms with E-state index in [1.807, 2.05) is 0 Å². The largest absolute Gasteiger partial charge is 0.440 e. The van der Waals surface area contributed by atoms with E-state index in [1.54, 1.807) is 6.92 Å². The molecule has 2 amide bonds. The van der Waals surface area contributed by atoms with E-state index in [9.17, 15) is 41.5 Å². The van der Waals surface area contributed by atoms with Crippen LogP contribution in [-0.4, -0.2) is 74.6 Å². The highest BCUT2D eigenvalue weighted by molar-refractivity contribution is 5.67. The molecule has 0 unspecified atom stereocenters. The summed E-state index contributed by atoms with van der Waals surface area (Å²) in [6.07, 6.45) is -6.37. The number of ether oxygens (including phenoxy) is 2. The van der Waals surface area contributed by atoms with Crippen molar-refractivity contribution in [3.05, 3.63) is 31.5 Å². The lowest BCUT2D eigenvalue weighted by Gasteiger charge is -2.13. The fourth-order valence-electron chi connectivity index (χ4n) is 3.62. The van der Waals surface area contributed by atoms with Gasteiger partial charge in [0.2, 0.25) is 0 Å². The number of hydrogen-bond donors (Lipinski definition) is 4. The Bertz CT molecular complexity index is 1060. The van der Waals surface area contributed by atoms with Gasteiger partial charge < -0.3 is 30.3 Å². The Kier molecular flexibility index (Phi) is 15.1. The summed E-state index contributed by atoms with van der Waals surface area (Å²) in [4.78, 5) is 60.7. The van der Waals surface area contributed by atoms with E-state index >= 15 is 0 Å². The monoisotopic (exact) mass is 603 g/mol. The molecule has 0 atom stereocenters. The number of rotatable bonds is 19. The van der Waals surface area contributed by atoms with Crippen LogP contribution in [0.5, 0.6) is 0 Å². The van der Waals surface area contributed by atoms with Crippen LogP contribution < -0.4 is 27.7 Å². The predicted octanol–water partition coefficient (Wildman–Crippen LogP) is 0.935. The zero-order valence-corrected chi connectivity index (χ0v) is 22.7. The van der Waals surface area contributed by atoms with Crippen molar-refractivity contribution in [3.63, 3.8) is 0 Å². The molecule has 236 valence electrons. The van der Waals surface area contributed by atoms with Gasteiger partial charge in [0, 0.05) is 32.7 Å². The molecule has 0 aliphatic carbocycles. The first-order valence-electron chi connectivity index (χ1n) is 13.1. The lowest BCUT2D eigenvalue weighted by Crippen LogP contribution is -2.54. The Morgan fingerprint density at radius 1 is 0.659 bits per heavy atom. The van der Waals surface area contributed by atoms with E-state index in [2.05, 4.69) is 20.1 Å². The number of alkyl halides is 4. The van der Waals surface area contributed by atoms with Gasteiger partial charge in [0.05, 0.1) is 0 Å². The van der Waals surface area contributed by atoms with Crippen LogP contribution in [0.1, 0.15) is 58.3 Å². The fourth-order valence-corrected chi connectivity index (χ4v) is 3.62. The number of alkyl carbamates (subject to hydrolysis) is 2. The minimum atomic E-state index is -4.11. The summed E-state index contributed by atoms with van der Waals surface area (Å²) >= 11 is 0. The molecule has 1 heterocycles. The summed E-state index contributed by atoms with van der Waals surface area (Å²) in [5.41, 5.74) is -2.18. The molecule has 0 fully saturated rings. The molecule has 0 radical (unpaired) electrons. The van der Waals surface area contributed by atoms with Crippen molar-refractivity contribution in [2.45, 2.75) is 90.1 Å². The summed E-state index contributed by atoms with van der Waals surface area (Å²) in [5.74, 6) is 0. The number of amides is 2. The number of nitrogens with zero attached hydrogens (tertiary/aromatic N) is 3. The quantitative estimate of drug-likeness (QED) is 0.132. The minimum absolute atomic E-state index is 0.0585. The van der Waals surface area contributed by atoms with Crippen LogP contribution in [0.3, 0.4) is 0 Å². The number of unbranched alkanes of at least 4 members (excludes halogenated alkanes) is 6. The second-order valence-corrected chi connectivity index (χ2v) is 9.06. The molecule has 4 N–H and O–H groups in total. The topological polar surface area (TPSA) is 183 Å². The molecule has 1 aromatic rings. The number of halogens is 4. The van der Waals surface area contributed by atoms with Crippen molar-refractivity contribution >= 4 is 12.2 Å². The number of carbonyl (C=O) groups is 2. The number of aliphatic hydroxyl groups is 2. The van der Waals surface area contributed by atoms with E-state index in [1.165, 1.54) is 0 Å². The average Bonchev–Trinajstić information content (AvgIpc) is 2.87. The van der Waals surface area contributed by atoms with Crippen LogP contribution in [0.15, 0.2) is 14.4 Å². The van der Waals surface area contributed by atoms with Crippen LogP contribution >= 0.6 is 0 Å². The Morgan fingerprint density at radius 3 is 1.34 bits per heavy atom.